The Hall–Kier alpha value is -0.680. The number of hydrogen-bond donors (Lipinski definition) is 0. The second kappa shape index (κ2) is 6.39. The Morgan fingerprint density at radius 2 is 2.05 bits per heavy atom. The summed E-state index contributed by atoms with van der Waals surface area (Å²) in [5, 5.41) is 0. The molecule has 1 unspecified atom stereocenters. The third-order valence-electron chi connectivity index (χ3n) is 5.14. The predicted molar refractivity (Wildman–Crippen MR) is 76.3 cm³/mol. The van der Waals surface area contributed by atoms with Crippen LogP contribution in [0.4, 0.5) is 4.39 Å². The van der Waals surface area contributed by atoms with Gasteiger partial charge in [0, 0.05) is 32.2 Å². The van der Waals surface area contributed by atoms with Gasteiger partial charge in [0.05, 0.1) is 6.67 Å². The van der Waals surface area contributed by atoms with Crippen molar-refractivity contribution in [3.8, 4) is 0 Å². The number of hydrogen-bond acceptors (Lipinski definition) is 3. The first-order valence-corrected chi connectivity index (χ1v) is 7.59. The highest BCUT2D eigenvalue weighted by Crippen LogP contribution is 2.45. The van der Waals surface area contributed by atoms with Gasteiger partial charge >= 0.3 is 0 Å². The largest absolute Gasteiger partial charge is 0.375 e. The van der Waals surface area contributed by atoms with E-state index < -0.39 is 0 Å². The van der Waals surface area contributed by atoms with Gasteiger partial charge in [-0.2, -0.15) is 0 Å². The van der Waals surface area contributed by atoms with Gasteiger partial charge < -0.3 is 14.5 Å². The maximum absolute atomic E-state index is 13.4. The molecule has 116 valence electrons. The number of piperidine rings is 1. The number of amides is 1. The van der Waals surface area contributed by atoms with Gasteiger partial charge in [0.25, 0.3) is 0 Å². The molecule has 0 radical (unpaired) electrons. The minimum atomic E-state index is -0.321. The van der Waals surface area contributed by atoms with Gasteiger partial charge in [-0.15, -0.1) is 0 Å². The lowest BCUT2D eigenvalue weighted by Crippen LogP contribution is -2.47. The molecule has 0 aromatic rings. The maximum Gasteiger partial charge on any atom is 0.248 e. The molecule has 0 bridgehead atoms. The zero-order valence-electron chi connectivity index (χ0n) is 12.9. The van der Waals surface area contributed by atoms with E-state index in [0.29, 0.717) is 19.1 Å². The van der Waals surface area contributed by atoms with Gasteiger partial charge in [-0.1, -0.05) is 0 Å². The minimum absolute atomic E-state index is 0.00221. The van der Waals surface area contributed by atoms with Crippen LogP contribution in [0, 0.1) is 11.3 Å². The van der Waals surface area contributed by atoms with E-state index in [2.05, 4.69) is 18.7 Å². The SMILES string of the molecule is COCC(=O)N1CC(CF)C2(CCN(C(C)C)CC2)C1. The first-order valence-electron chi connectivity index (χ1n) is 7.59. The molecule has 2 heterocycles. The van der Waals surface area contributed by atoms with Crippen molar-refractivity contribution >= 4 is 5.91 Å². The summed E-state index contributed by atoms with van der Waals surface area (Å²) in [6.07, 6.45) is 1.99. The molecule has 1 spiro atoms. The van der Waals surface area contributed by atoms with Crippen LogP contribution in [-0.2, 0) is 9.53 Å². The topological polar surface area (TPSA) is 32.8 Å². The standard InChI is InChI=1S/C15H27FN2O2/c1-12(2)17-6-4-15(5-7-17)11-18(9-13(15)8-16)14(19)10-20-3/h12-13H,4-11H2,1-3H3. The molecule has 0 aliphatic carbocycles. The summed E-state index contributed by atoms with van der Waals surface area (Å²) in [4.78, 5) is 16.2. The van der Waals surface area contributed by atoms with Gasteiger partial charge in [-0.25, -0.2) is 0 Å². The zero-order valence-corrected chi connectivity index (χ0v) is 12.9. The monoisotopic (exact) mass is 286 g/mol. The lowest BCUT2D eigenvalue weighted by atomic mass is 9.71. The Balaban J connectivity index is 2.02. The van der Waals surface area contributed by atoms with Crippen molar-refractivity contribution in [3.63, 3.8) is 0 Å². The van der Waals surface area contributed by atoms with Crippen LogP contribution >= 0.6 is 0 Å². The predicted octanol–water partition coefficient (Wildman–Crippen LogP) is 1.55. The molecule has 0 aromatic heterocycles. The van der Waals surface area contributed by atoms with Crippen molar-refractivity contribution < 1.29 is 13.9 Å². The molecule has 5 heteroatoms. The highest BCUT2D eigenvalue weighted by Gasteiger charge is 2.49. The summed E-state index contributed by atoms with van der Waals surface area (Å²) in [5.41, 5.74) is -0.0104. The summed E-state index contributed by atoms with van der Waals surface area (Å²) in [5.74, 6) is -0.00766. The summed E-state index contributed by atoms with van der Waals surface area (Å²) < 4.78 is 18.3. The summed E-state index contributed by atoms with van der Waals surface area (Å²) >= 11 is 0. The van der Waals surface area contributed by atoms with E-state index in [0.717, 1.165) is 25.9 Å². The van der Waals surface area contributed by atoms with Crippen LogP contribution in [-0.4, -0.2) is 68.3 Å². The van der Waals surface area contributed by atoms with Gasteiger partial charge in [-0.3, -0.25) is 9.18 Å². The Morgan fingerprint density at radius 1 is 1.40 bits per heavy atom. The first-order chi connectivity index (χ1) is 9.52. The van der Waals surface area contributed by atoms with E-state index in [4.69, 9.17) is 4.74 Å². The average Bonchev–Trinajstić information content (AvgIpc) is 2.78. The number of nitrogens with zero attached hydrogens (tertiary/aromatic N) is 2. The van der Waals surface area contributed by atoms with E-state index in [9.17, 15) is 9.18 Å². The molecule has 0 saturated carbocycles. The van der Waals surface area contributed by atoms with Gasteiger partial charge in [0.1, 0.15) is 6.61 Å². The van der Waals surface area contributed by atoms with Crippen LogP contribution in [0.5, 0.6) is 0 Å². The average molecular weight is 286 g/mol. The molecule has 2 rings (SSSR count). The summed E-state index contributed by atoms with van der Waals surface area (Å²) in [7, 11) is 1.53. The molecule has 0 N–H and O–H groups in total. The van der Waals surface area contributed by atoms with Gasteiger partial charge in [-0.05, 0) is 45.2 Å². The Kier molecular flexibility index (Phi) is 5.02. The fourth-order valence-corrected chi connectivity index (χ4v) is 3.70. The number of likely N-dealkylation sites (tertiary alicyclic amines) is 2. The number of rotatable bonds is 4. The van der Waals surface area contributed by atoms with Crippen LogP contribution in [0.2, 0.25) is 0 Å². The zero-order chi connectivity index (χ0) is 14.8. The minimum Gasteiger partial charge on any atom is -0.375 e. The van der Waals surface area contributed by atoms with E-state index in [1.165, 1.54) is 7.11 Å². The Morgan fingerprint density at radius 3 is 2.55 bits per heavy atom. The fourth-order valence-electron chi connectivity index (χ4n) is 3.70. The Bertz CT molecular complexity index is 341. The lowest BCUT2D eigenvalue weighted by Gasteiger charge is -2.43. The van der Waals surface area contributed by atoms with Crippen molar-refractivity contribution in [1.82, 2.24) is 9.80 Å². The number of carbonyl (C=O) groups excluding carboxylic acids is 1. The van der Waals surface area contributed by atoms with E-state index >= 15 is 0 Å². The van der Waals surface area contributed by atoms with Crippen LogP contribution in [0.15, 0.2) is 0 Å². The van der Waals surface area contributed by atoms with Crippen LogP contribution in [0.25, 0.3) is 0 Å². The normalized spacial score (nSPS) is 26.6. The number of methoxy groups -OCH3 is 1. The summed E-state index contributed by atoms with van der Waals surface area (Å²) in [6.45, 7) is 7.48. The third-order valence-corrected chi connectivity index (χ3v) is 5.14. The number of alkyl halides is 1. The summed E-state index contributed by atoms with van der Waals surface area (Å²) in [6, 6.07) is 0.545. The molecule has 2 aliphatic heterocycles. The molecular formula is C15H27FN2O2. The molecular weight excluding hydrogens is 259 g/mol. The van der Waals surface area contributed by atoms with Crippen molar-refractivity contribution in [1.29, 1.82) is 0 Å². The number of carbonyl (C=O) groups is 1. The van der Waals surface area contributed by atoms with Crippen molar-refractivity contribution in [2.45, 2.75) is 32.7 Å². The molecule has 1 amide bonds. The van der Waals surface area contributed by atoms with Crippen molar-refractivity contribution in [2.75, 3.05) is 46.6 Å². The molecule has 2 fully saturated rings. The van der Waals surface area contributed by atoms with Crippen LogP contribution < -0.4 is 0 Å². The smallest absolute Gasteiger partial charge is 0.248 e. The number of ether oxygens (including phenoxy) is 1. The highest BCUT2D eigenvalue weighted by molar-refractivity contribution is 5.77. The first kappa shape index (κ1) is 15.7. The quantitative estimate of drug-likeness (QED) is 0.786. The molecule has 0 aromatic carbocycles. The van der Waals surface area contributed by atoms with E-state index in [-0.39, 0.29) is 30.5 Å². The highest BCUT2D eigenvalue weighted by atomic mass is 19.1. The molecule has 2 saturated heterocycles. The molecule has 1 atom stereocenters. The van der Waals surface area contributed by atoms with Crippen molar-refractivity contribution in [3.05, 3.63) is 0 Å². The van der Waals surface area contributed by atoms with Crippen molar-refractivity contribution in [2.24, 2.45) is 11.3 Å². The van der Waals surface area contributed by atoms with Gasteiger partial charge in [0.2, 0.25) is 5.91 Å². The lowest BCUT2D eigenvalue weighted by molar-refractivity contribution is -0.134. The molecule has 2 aliphatic rings. The second-order valence-electron chi connectivity index (χ2n) is 6.55. The second-order valence-corrected chi connectivity index (χ2v) is 6.55. The van der Waals surface area contributed by atoms with E-state index in [1.807, 2.05) is 0 Å². The Labute approximate surface area is 121 Å². The van der Waals surface area contributed by atoms with Crippen LogP contribution in [0.1, 0.15) is 26.7 Å². The molecule has 20 heavy (non-hydrogen) atoms. The molecule has 4 nitrogen and oxygen atoms in total. The third kappa shape index (κ3) is 2.98. The van der Waals surface area contributed by atoms with E-state index in [1.54, 1.807) is 4.90 Å². The van der Waals surface area contributed by atoms with Gasteiger partial charge in [0.15, 0.2) is 0 Å². The fraction of sp³-hybridized carbons (Fsp3) is 0.933. The number of halogens is 1. The maximum atomic E-state index is 13.4. The van der Waals surface area contributed by atoms with Crippen LogP contribution in [0.3, 0.4) is 0 Å².